The molecule has 2 aromatic rings. The maximum atomic E-state index is 12.9. The van der Waals surface area contributed by atoms with Crippen LogP contribution in [0.2, 0.25) is 0 Å². The number of hydrogen-bond donors (Lipinski definition) is 0. The lowest BCUT2D eigenvalue weighted by Gasteiger charge is -2.26. The number of morpholine rings is 1. The van der Waals surface area contributed by atoms with Gasteiger partial charge in [-0.2, -0.15) is 9.29 Å². The Morgan fingerprint density at radius 2 is 2.00 bits per heavy atom. The summed E-state index contributed by atoms with van der Waals surface area (Å²) in [5.41, 5.74) is 0.702. The van der Waals surface area contributed by atoms with Crippen molar-refractivity contribution in [3.63, 3.8) is 0 Å². The van der Waals surface area contributed by atoms with E-state index in [1.807, 2.05) is 13.8 Å². The molecule has 1 aromatic heterocycles. The Morgan fingerprint density at radius 1 is 1.28 bits per heavy atom. The molecule has 3 rings (SSSR count). The van der Waals surface area contributed by atoms with Crippen molar-refractivity contribution in [2.75, 3.05) is 26.3 Å². The maximum Gasteiger partial charge on any atom is 0.338 e. The highest BCUT2D eigenvalue weighted by molar-refractivity contribution is 7.89. The number of benzene rings is 1. The van der Waals surface area contributed by atoms with E-state index >= 15 is 0 Å². The molecule has 1 aliphatic rings. The van der Waals surface area contributed by atoms with Gasteiger partial charge in [-0.15, -0.1) is 0 Å². The van der Waals surface area contributed by atoms with Gasteiger partial charge >= 0.3 is 5.97 Å². The molecule has 29 heavy (non-hydrogen) atoms. The van der Waals surface area contributed by atoms with Crippen LogP contribution in [0, 0.1) is 12.8 Å². The van der Waals surface area contributed by atoms with Crippen molar-refractivity contribution in [3.8, 4) is 0 Å². The van der Waals surface area contributed by atoms with Gasteiger partial charge in [0.1, 0.15) is 0 Å². The fourth-order valence-electron chi connectivity index (χ4n) is 2.94. The summed E-state index contributed by atoms with van der Waals surface area (Å²) in [7, 11) is -3.72. The van der Waals surface area contributed by atoms with Crippen molar-refractivity contribution >= 4 is 16.0 Å². The maximum absolute atomic E-state index is 12.9. The topological polar surface area (TPSA) is 112 Å². The third-order valence-corrected chi connectivity index (χ3v) is 6.48. The number of carbonyl (C=O) groups is 1. The van der Waals surface area contributed by atoms with Gasteiger partial charge in [-0.25, -0.2) is 13.2 Å². The van der Waals surface area contributed by atoms with Crippen LogP contribution in [0.25, 0.3) is 0 Å². The van der Waals surface area contributed by atoms with Gasteiger partial charge in [0.25, 0.3) is 5.89 Å². The van der Waals surface area contributed by atoms with Gasteiger partial charge in [-0.05, 0) is 30.5 Å². The van der Waals surface area contributed by atoms with Crippen LogP contribution in [0.3, 0.4) is 0 Å². The minimum atomic E-state index is -3.72. The number of sulfonamides is 1. The minimum absolute atomic E-state index is 0.0888. The quantitative estimate of drug-likeness (QED) is 0.621. The Bertz CT molecular complexity index is 964. The third kappa shape index (κ3) is 5.20. The van der Waals surface area contributed by atoms with Crippen molar-refractivity contribution in [3.05, 3.63) is 41.0 Å². The van der Waals surface area contributed by atoms with Gasteiger partial charge < -0.3 is 14.0 Å². The number of hydrogen-bond acceptors (Lipinski definition) is 8. The molecule has 0 unspecified atom stereocenters. The molecule has 0 saturated carbocycles. The van der Waals surface area contributed by atoms with Gasteiger partial charge in [0.2, 0.25) is 10.0 Å². The second kappa shape index (κ2) is 9.02. The van der Waals surface area contributed by atoms with E-state index in [1.54, 1.807) is 13.0 Å². The predicted molar refractivity (Wildman–Crippen MR) is 103 cm³/mol. The summed E-state index contributed by atoms with van der Waals surface area (Å²) in [6.45, 7) is 6.86. The smallest absolute Gasteiger partial charge is 0.338 e. The lowest BCUT2D eigenvalue weighted by Crippen LogP contribution is -2.40. The fraction of sp³-hybridized carbons (Fsp3) is 0.526. The number of rotatable bonds is 7. The van der Waals surface area contributed by atoms with E-state index in [0.717, 1.165) is 0 Å². The number of nitrogens with zero attached hydrogens (tertiary/aromatic N) is 3. The molecule has 1 aliphatic heterocycles. The molecule has 1 aromatic carbocycles. The largest absolute Gasteiger partial charge is 0.452 e. The second-order valence-electron chi connectivity index (χ2n) is 7.28. The van der Waals surface area contributed by atoms with Crippen molar-refractivity contribution in [1.82, 2.24) is 14.4 Å². The van der Waals surface area contributed by atoms with E-state index in [9.17, 15) is 13.2 Å². The highest BCUT2D eigenvalue weighted by Crippen LogP contribution is 2.23. The highest BCUT2D eigenvalue weighted by Gasteiger charge is 2.28. The zero-order valence-corrected chi connectivity index (χ0v) is 17.6. The molecule has 10 heteroatoms. The van der Waals surface area contributed by atoms with E-state index in [0.29, 0.717) is 36.9 Å². The first kappa shape index (κ1) is 21.4. The predicted octanol–water partition coefficient (Wildman–Crippen LogP) is 1.95. The second-order valence-corrected chi connectivity index (χ2v) is 9.18. The molecule has 158 valence electrons. The van der Waals surface area contributed by atoms with Gasteiger partial charge in [0.15, 0.2) is 12.4 Å². The number of ether oxygens (including phenoxy) is 2. The molecule has 0 radical (unpaired) electrons. The molecule has 0 N–H and O–H groups in total. The van der Waals surface area contributed by atoms with Crippen molar-refractivity contribution < 1.29 is 27.2 Å². The molecule has 0 bridgehead atoms. The standard InChI is InChI=1S/C19H25N3O6S/c1-13(2)10-17-20-18(28-21-17)12-27-19(23)15-5-4-14(3)16(11-15)29(24,25)22-6-8-26-9-7-22/h4-5,11,13H,6-10,12H2,1-3H3. The van der Waals surface area contributed by atoms with Crippen LogP contribution < -0.4 is 0 Å². The number of aryl methyl sites for hydroxylation is 1. The van der Waals surface area contributed by atoms with Crippen LogP contribution in [-0.4, -0.2) is 55.1 Å². The zero-order valence-electron chi connectivity index (χ0n) is 16.8. The monoisotopic (exact) mass is 423 g/mol. The van der Waals surface area contributed by atoms with Crippen LogP contribution in [0.4, 0.5) is 0 Å². The first-order chi connectivity index (χ1) is 13.8. The van der Waals surface area contributed by atoms with Crippen LogP contribution in [-0.2, 0) is 32.5 Å². The van der Waals surface area contributed by atoms with E-state index in [4.69, 9.17) is 14.0 Å². The molecular formula is C19H25N3O6S. The fourth-order valence-corrected chi connectivity index (χ4v) is 4.60. The molecule has 9 nitrogen and oxygen atoms in total. The van der Waals surface area contributed by atoms with Crippen LogP contribution in [0.5, 0.6) is 0 Å². The highest BCUT2D eigenvalue weighted by atomic mass is 32.2. The molecule has 0 aliphatic carbocycles. The van der Waals surface area contributed by atoms with Crippen molar-refractivity contribution in [1.29, 1.82) is 0 Å². The number of esters is 1. The van der Waals surface area contributed by atoms with E-state index in [1.165, 1.54) is 16.4 Å². The summed E-state index contributed by atoms with van der Waals surface area (Å²) in [5, 5.41) is 3.84. The van der Waals surface area contributed by atoms with Crippen molar-refractivity contribution in [2.45, 2.75) is 38.7 Å². The van der Waals surface area contributed by atoms with Crippen LogP contribution in [0.1, 0.15) is 41.5 Å². The van der Waals surface area contributed by atoms with Crippen LogP contribution in [0.15, 0.2) is 27.6 Å². The van der Waals surface area contributed by atoms with E-state index in [-0.39, 0.29) is 36.0 Å². The zero-order chi connectivity index (χ0) is 21.0. The first-order valence-electron chi connectivity index (χ1n) is 9.44. The number of carbonyl (C=O) groups excluding carboxylic acids is 1. The summed E-state index contributed by atoms with van der Waals surface area (Å²) in [4.78, 5) is 16.7. The van der Waals surface area contributed by atoms with E-state index < -0.39 is 16.0 Å². The summed E-state index contributed by atoms with van der Waals surface area (Å²) in [6.07, 6.45) is 0.665. The SMILES string of the molecule is Cc1ccc(C(=O)OCc2nc(CC(C)C)no2)cc1S(=O)(=O)N1CCOCC1. The lowest BCUT2D eigenvalue weighted by molar-refractivity contribution is 0.0429. The summed E-state index contributed by atoms with van der Waals surface area (Å²) >= 11 is 0. The summed E-state index contributed by atoms with van der Waals surface area (Å²) < 4.78 is 42.8. The Hall–Kier alpha value is -2.30. The molecule has 2 heterocycles. The molecule has 0 amide bonds. The normalized spacial score (nSPS) is 15.6. The summed E-state index contributed by atoms with van der Waals surface area (Å²) in [5.74, 6) is 0.469. The summed E-state index contributed by atoms with van der Waals surface area (Å²) in [6, 6.07) is 4.48. The molecule has 0 atom stereocenters. The van der Waals surface area contributed by atoms with E-state index in [2.05, 4.69) is 10.1 Å². The Kier molecular flexibility index (Phi) is 6.66. The van der Waals surface area contributed by atoms with Gasteiger partial charge in [0.05, 0.1) is 23.7 Å². The molecule has 1 fully saturated rings. The Balaban J connectivity index is 1.71. The first-order valence-corrected chi connectivity index (χ1v) is 10.9. The Morgan fingerprint density at radius 3 is 2.69 bits per heavy atom. The van der Waals surface area contributed by atoms with Crippen LogP contribution >= 0.6 is 0 Å². The van der Waals surface area contributed by atoms with Gasteiger partial charge in [-0.3, -0.25) is 0 Å². The van der Waals surface area contributed by atoms with Crippen molar-refractivity contribution in [2.24, 2.45) is 5.92 Å². The number of aromatic nitrogens is 2. The third-order valence-electron chi connectivity index (χ3n) is 4.44. The molecule has 0 spiro atoms. The average molecular weight is 423 g/mol. The van der Waals surface area contributed by atoms with Gasteiger partial charge in [0, 0.05) is 19.5 Å². The lowest BCUT2D eigenvalue weighted by atomic mass is 10.1. The Labute approximate surface area is 170 Å². The minimum Gasteiger partial charge on any atom is -0.452 e. The van der Waals surface area contributed by atoms with Gasteiger partial charge in [-0.1, -0.05) is 25.1 Å². The molecule has 1 saturated heterocycles. The average Bonchev–Trinajstić information content (AvgIpc) is 3.13. The molecular weight excluding hydrogens is 398 g/mol.